The number of rotatable bonds is 3. The van der Waals surface area contributed by atoms with E-state index in [2.05, 4.69) is 12.2 Å². The van der Waals surface area contributed by atoms with Crippen molar-refractivity contribution in [3.05, 3.63) is 12.2 Å². The minimum atomic E-state index is -0.863. The molecule has 5 fully saturated rings. The summed E-state index contributed by atoms with van der Waals surface area (Å²) >= 11 is 0. The molecule has 0 spiro atoms. The Morgan fingerprint density at radius 2 is 1.54 bits per heavy atom. The average Bonchev–Trinajstić information content (AvgIpc) is 2.54. The highest BCUT2D eigenvalue weighted by Crippen LogP contribution is 2.61. The molecule has 0 N–H and O–H groups in total. The molecule has 0 saturated heterocycles. The van der Waals surface area contributed by atoms with Gasteiger partial charge in [0.2, 0.25) is 0 Å². The molecule has 0 aromatic rings. The van der Waals surface area contributed by atoms with Crippen molar-refractivity contribution < 1.29 is 14.3 Å². The molecule has 0 radical (unpaired) electrons. The van der Waals surface area contributed by atoms with Crippen molar-refractivity contribution in [2.24, 2.45) is 35.0 Å². The van der Waals surface area contributed by atoms with Crippen LogP contribution in [-0.2, 0) is 14.3 Å². The highest BCUT2D eigenvalue weighted by atomic mass is 16.6. The summed E-state index contributed by atoms with van der Waals surface area (Å²) in [5.41, 5.74) is -1.13. The number of ether oxygens (including phenoxy) is 1. The molecule has 7 aliphatic rings. The van der Waals surface area contributed by atoms with Crippen molar-refractivity contribution in [2.45, 2.75) is 70.3 Å². The lowest BCUT2D eigenvalue weighted by Gasteiger charge is -2.56. The zero-order valence-electron chi connectivity index (χ0n) is 14.6. The summed E-state index contributed by atoms with van der Waals surface area (Å²) in [6.07, 6.45) is 14.2. The third-order valence-electron chi connectivity index (χ3n) is 7.97. The van der Waals surface area contributed by atoms with Gasteiger partial charge in [-0.2, -0.15) is 0 Å². The molecule has 6 bridgehead atoms. The second-order valence-corrected chi connectivity index (χ2v) is 9.57. The molecule has 5 saturated carbocycles. The molecule has 0 aromatic heterocycles. The molecule has 3 heteroatoms. The first kappa shape index (κ1) is 15.2. The maximum Gasteiger partial charge on any atom is 0.313 e. The SMILES string of the molecule is CC(=O)C1(OC(=O)C23CC4CC(CC(C4)C2)C3)CC2C=CC1CC2. The topological polar surface area (TPSA) is 43.4 Å². The number of hydrogen-bond donors (Lipinski definition) is 0. The van der Waals surface area contributed by atoms with Crippen LogP contribution in [0.15, 0.2) is 12.2 Å². The highest BCUT2D eigenvalue weighted by molar-refractivity contribution is 5.90. The molecule has 0 aliphatic heterocycles. The Balaban J connectivity index is 1.43. The minimum absolute atomic E-state index is 0.0299. The fraction of sp³-hybridized carbons (Fsp3) is 0.810. The maximum absolute atomic E-state index is 13.4. The fourth-order valence-corrected chi connectivity index (χ4v) is 7.21. The fourth-order valence-electron chi connectivity index (χ4n) is 7.21. The third kappa shape index (κ3) is 2.02. The second kappa shape index (κ2) is 4.95. The summed E-state index contributed by atoms with van der Waals surface area (Å²) in [7, 11) is 0. The van der Waals surface area contributed by atoms with E-state index in [0.717, 1.165) is 49.9 Å². The Morgan fingerprint density at radius 1 is 0.917 bits per heavy atom. The van der Waals surface area contributed by atoms with Crippen LogP contribution in [0.1, 0.15) is 64.7 Å². The highest BCUT2D eigenvalue weighted by Gasteiger charge is 2.59. The predicted molar refractivity (Wildman–Crippen MR) is 90.1 cm³/mol. The minimum Gasteiger partial charge on any atom is -0.450 e. The van der Waals surface area contributed by atoms with Gasteiger partial charge in [0.25, 0.3) is 0 Å². The van der Waals surface area contributed by atoms with E-state index < -0.39 is 5.60 Å². The molecule has 3 unspecified atom stereocenters. The first-order chi connectivity index (χ1) is 11.5. The van der Waals surface area contributed by atoms with E-state index in [0.29, 0.717) is 12.3 Å². The van der Waals surface area contributed by atoms with Gasteiger partial charge in [-0.1, -0.05) is 12.2 Å². The molecule has 0 aromatic carbocycles. The number of esters is 1. The molecule has 7 rings (SSSR count). The third-order valence-corrected chi connectivity index (χ3v) is 7.97. The van der Waals surface area contributed by atoms with Crippen molar-refractivity contribution in [1.82, 2.24) is 0 Å². The van der Waals surface area contributed by atoms with Crippen molar-refractivity contribution in [3.63, 3.8) is 0 Å². The second-order valence-electron chi connectivity index (χ2n) is 9.57. The van der Waals surface area contributed by atoms with Crippen LogP contribution in [0.4, 0.5) is 0 Å². The van der Waals surface area contributed by atoms with E-state index >= 15 is 0 Å². The maximum atomic E-state index is 13.4. The Kier molecular flexibility index (Phi) is 3.13. The summed E-state index contributed by atoms with van der Waals surface area (Å²) in [5.74, 6) is 2.69. The van der Waals surface area contributed by atoms with Gasteiger partial charge in [0.05, 0.1) is 5.41 Å². The van der Waals surface area contributed by atoms with E-state index in [1.165, 1.54) is 19.3 Å². The van der Waals surface area contributed by atoms with Crippen LogP contribution in [0.5, 0.6) is 0 Å². The molecule has 7 aliphatic carbocycles. The molecule has 130 valence electrons. The zero-order valence-corrected chi connectivity index (χ0v) is 14.6. The van der Waals surface area contributed by atoms with Gasteiger partial charge < -0.3 is 4.74 Å². The zero-order chi connectivity index (χ0) is 16.5. The Bertz CT molecular complexity index is 583. The van der Waals surface area contributed by atoms with Gasteiger partial charge in [-0.15, -0.1) is 0 Å². The van der Waals surface area contributed by atoms with Crippen LogP contribution in [0.2, 0.25) is 0 Å². The van der Waals surface area contributed by atoms with Gasteiger partial charge in [-0.05, 0) is 82.0 Å². The van der Waals surface area contributed by atoms with Gasteiger partial charge in [-0.25, -0.2) is 0 Å². The number of Topliss-reactive ketones (excluding diaryl/α,β-unsaturated/α-hetero) is 1. The van der Waals surface area contributed by atoms with Crippen LogP contribution < -0.4 is 0 Å². The van der Waals surface area contributed by atoms with Crippen molar-refractivity contribution in [3.8, 4) is 0 Å². The van der Waals surface area contributed by atoms with E-state index in [1.54, 1.807) is 6.92 Å². The van der Waals surface area contributed by atoms with Crippen LogP contribution in [0.25, 0.3) is 0 Å². The first-order valence-electron chi connectivity index (χ1n) is 9.92. The van der Waals surface area contributed by atoms with Gasteiger partial charge in [0.15, 0.2) is 11.4 Å². The van der Waals surface area contributed by atoms with Gasteiger partial charge in [0, 0.05) is 12.3 Å². The van der Waals surface area contributed by atoms with E-state index in [1.807, 2.05) is 0 Å². The Hall–Kier alpha value is -1.12. The van der Waals surface area contributed by atoms with Crippen LogP contribution in [0.3, 0.4) is 0 Å². The molecular formula is C21H28O3. The summed E-state index contributed by atoms with van der Waals surface area (Å²) in [6.45, 7) is 1.63. The molecule has 24 heavy (non-hydrogen) atoms. The standard InChI is InChI=1S/C21H28O3/c1-13(22)21(12-14-2-4-18(21)5-3-14)24-19(23)20-9-15-6-16(10-20)8-17(7-15)11-20/h2,4,14-18H,3,5-12H2,1H3. The van der Waals surface area contributed by atoms with Gasteiger partial charge in [-0.3, -0.25) is 9.59 Å². The molecule has 3 atom stereocenters. The van der Waals surface area contributed by atoms with E-state index in [-0.39, 0.29) is 23.1 Å². The van der Waals surface area contributed by atoms with Crippen molar-refractivity contribution in [1.29, 1.82) is 0 Å². The molecular weight excluding hydrogens is 300 g/mol. The van der Waals surface area contributed by atoms with E-state index in [4.69, 9.17) is 4.74 Å². The predicted octanol–water partition coefficient (Wildman–Crippen LogP) is 4.06. The smallest absolute Gasteiger partial charge is 0.313 e. The summed E-state index contributed by atoms with van der Waals surface area (Å²) in [5, 5.41) is 0. The quantitative estimate of drug-likeness (QED) is 0.579. The molecule has 3 nitrogen and oxygen atoms in total. The van der Waals surface area contributed by atoms with E-state index in [9.17, 15) is 9.59 Å². The van der Waals surface area contributed by atoms with Crippen LogP contribution >= 0.6 is 0 Å². The lowest BCUT2D eigenvalue weighted by molar-refractivity contribution is -0.198. The van der Waals surface area contributed by atoms with Crippen molar-refractivity contribution in [2.75, 3.05) is 0 Å². The summed E-state index contributed by atoms with van der Waals surface area (Å²) < 4.78 is 6.22. The lowest BCUT2D eigenvalue weighted by Crippen LogP contribution is -2.57. The largest absolute Gasteiger partial charge is 0.450 e. The number of hydrogen-bond acceptors (Lipinski definition) is 3. The number of fused-ring (bicyclic) bond motifs is 2. The Morgan fingerprint density at radius 3 is 1.96 bits per heavy atom. The lowest BCUT2D eigenvalue weighted by atomic mass is 9.49. The van der Waals surface area contributed by atoms with Gasteiger partial charge in [0.1, 0.15) is 0 Å². The summed E-state index contributed by atoms with van der Waals surface area (Å²) in [6, 6.07) is 0. The number of ketones is 1. The first-order valence-corrected chi connectivity index (χ1v) is 9.92. The number of allylic oxidation sites excluding steroid dienone is 1. The monoisotopic (exact) mass is 328 g/mol. The number of carbonyl (C=O) groups excluding carboxylic acids is 2. The molecule has 0 amide bonds. The van der Waals surface area contributed by atoms with Crippen molar-refractivity contribution >= 4 is 11.8 Å². The normalized spacial score (nSPS) is 51.0. The average molecular weight is 328 g/mol. The summed E-state index contributed by atoms with van der Waals surface area (Å²) in [4.78, 5) is 25.9. The van der Waals surface area contributed by atoms with Crippen LogP contribution in [0, 0.1) is 35.0 Å². The van der Waals surface area contributed by atoms with Gasteiger partial charge >= 0.3 is 5.97 Å². The number of carbonyl (C=O) groups is 2. The Labute approximate surface area is 144 Å². The molecule has 0 heterocycles. The van der Waals surface area contributed by atoms with Crippen LogP contribution in [-0.4, -0.2) is 17.4 Å².